The molecule has 3 heterocycles. The molecule has 2 N–H and O–H groups in total. The number of nitrogens with zero attached hydrogens (tertiary/aromatic N) is 3. The standard InChI is InChI=1S/C14H20N4O2/c1-18-10-3-2-4-11(18)6-9(5-10)16-13-8-15-7-12(17-13)14(19)20/h7-11H,2-6H2,1H3,(H,16,17)(H,19,20). The Kier molecular flexibility index (Phi) is 3.56. The third-order valence-electron chi connectivity index (χ3n) is 4.55. The molecule has 2 unspecified atom stereocenters. The molecule has 2 aliphatic rings. The lowest BCUT2D eigenvalue weighted by Gasteiger charge is -2.47. The number of aromatic nitrogens is 2. The number of nitrogens with one attached hydrogen (secondary N) is 1. The summed E-state index contributed by atoms with van der Waals surface area (Å²) in [6.45, 7) is 0. The summed E-state index contributed by atoms with van der Waals surface area (Å²) in [7, 11) is 2.22. The zero-order valence-electron chi connectivity index (χ0n) is 11.6. The van der Waals surface area contributed by atoms with E-state index in [4.69, 9.17) is 5.11 Å². The van der Waals surface area contributed by atoms with Gasteiger partial charge in [-0.3, -0.25) is 4.98 Å². The molecule has 0 amide bonds. The molecule has 0 aromatic carbocycles. The zero-order chi connectivity index (χ0) is 14.1. The maximum absolute atomic E-state index is 10.9. The average Bonchev–Trinajstić information content (AvgIpc) is 2.40. The maximum atomic E-state index is 10.9. The van der Waals surface area contributed by atoms with Crippen molar-refractivity contribution >= 4 is 11.8 Å². The summed E-state index contributed by atoms with van der Waals surface area (Å²) >= 11 is 0. The van der Waals surface area contributed by atoms with Gasteiger partial charge < -0.3 is 15.3 Å². The Bertz CT molecular complexity index is 494. The minimum atomic E-state index is -1.04. The van der Waals surface area contributed by atoms with Crippen LogP contribution in [0.2, 0.25) is 0 Å². The van der Waals surface area contributed by atoms with E-state index < -0.39 is 5.97 Å². The minimum Gasteiger partial charge on any atom is -0.476 e. The van der Waals surface area contributed by atoms with Crippen LogP contribution in [0.5, 0.6) is 0 Å². The predicted molar refractivity (Wildman–Crippen MR) is 74.8 cm³/mol. The molecule has 2 saturated heterocycles. The van der Waals surface area contributed by atoms with E-state index in [1.807, 2.05) is 0 Å². The van der Waals surface area contributed by atoms with Crippen molar-refractivity contribution in [2.75, 3.05) is 12.4 Å². The normalized spacial score (nSPS) is 29.9. The number of aromatic carboxylic acids is 1. The van der Waals surface area contributed by atoms with E-state index >= 15 is 0 Å². The number of carbonyl (C=O) groups is 1. The lowest BCUT2D eigenvalue weighted by molar-refractivity contribution is 0.0607. The van der Waals surface area contributed by atoms with Crippen LogP contribution < -0.4 is 5.32 Å². The molecule has 2 aliphatic heterocycles. The zero-order valence-corrected chi connectivity index (χ0v) is 11.6. The highest BCUT2D eigenvalue weighted by molar-refractivity contribution is 5.85. The fourth-order valence-corrected chi connectivity index (χ4v) is 3.48. The van der Waals surface area contributed by atoms with Gasteiger partial charge in [-0.25, -0.2) is 9.78 Å². The van der Waals surface area contributed by atoms with Crippen molar-refractivity contribution in [3.8, 4) is 0 Å². The summed E-state index contributed by atoms with van der Waals surface area (Å²) in [6.07, 6.45) is 8.88. The molecule has 20 heavy (non-hydrogen) atoms. The SMILES string of the molecule is CN1C2CCCC1CC(Nc1cncc(C(=O)O)n1)C2. The van der Waals surface area contributed by atoms with E-state index in [0.717, 1.165) is 12.8 Å². The monoisotopic (exact) mass is 276 g/mol. The molecule has 3 rings (SSSR count). The Morgan fingerprint density at radius 2 is 2.05 bits per heavy atom. The Morgan fingerprint density at radius 1 is 1.35 bits per heavy atom. The highest BCUT2D eigenvalue weighted by Gasteiger charge is 2.35. The van der Waals surface area contributed by atoms with Crippen LogP contribution in [0.15, 0.2) is 12.4 Å². The third kappa shape index (κ3) is 2.60. The molecule has 1 aromatic heterocycles. The van der Waals surface area contributed by atoms with Crippen molar-refractivity contribution in [1.29, 1.82) is 0 Å². The highest BCUT2D eigenvalue weighted by Crippen LogP contribution is 2.33. The molecule has 2 atom stereocenters. The fourth-order valence-electron chi connectivity index (χ4n) is 3.48. The smallest absolute Gasteiger partial charge is 0.356 e. The van der Waals surface area contributed by atoms with E-state index in [2.05, 4.69) is 27.2 Å². The number of hydrogen-bond acceptors (Lipinski definition) is 5. The Hall–Kier alpha value is -1.69. The van der Waals surface area contributed by atoms with Crippen molar-refractivity contribution in [2.24, 2.45) is 0 Å². The van der Waals surface area contributed by atoms with Crippen LogP contribution >= 0.6 is 0 Å². The maximum Gasteiger partial charge on any atom is 0.356 e. The Morgan fingerprint density at radius 3 is 2.70 bits per heavy atom. The third-order valence-corrected chi connectivity index (χ3v) is 4.55. The van der Waals surface area contributed by atoms with Gasteiger partial charge in [0, 0.05) is 18.1 Å². The lowest BCUT2D eigenvalue weighted by atomic mass is 9.82. The van der Waals surface area contributed by atoms with Gasteiger partial charge in [-0.2, -0.15) is 0 Å². The van der Waals surface area contributed by atoms with Crippen LogP contribution in [0.4, 0.5) is 5.82 Å². The second-order valence-corrected chi connectivity index (χ2v) is 5.81. The Balaban J connectivity index is 1.69. The summed E-state index contributed by atoms with van der Waals surface area (Å²) in [4.78, 5) is 21.4. The molecular weight excluding hydrogens is 256 g/mol. The molecule has 0 saturated carbocycles. The number of rotatable bonds is 3. The largest absolute Gasteiger partial charge is 0.476 e. The van der Waals surface area contributed by atoms with Crippen molar-refractivity contribution in [3.63, 3.8) is 0 Å². The lowest BCUT2D eigenvalue weighted by Crippen LogP contribution is -2.52. The van der Waals surface area contributed by atoms with Crippen molar-refractivity contribution in [3.05, 3.63) is 18.1 Å². The number of anilines is 1. The van der Waals surface area contributed by atoms with Gasteiger partial charge >= 0.3 is 5.97 Å². The van der Waals surface area contributed by atoms with Gasteiger partial charge in [0.2, 0.25) is 0 Å². The molecule has 1 aromatic rings. The second kappa shape index (κ2) is 5.36. The summed E-state index contributed by atoms with van der Waals surface area (Å²) in [5.74, 6) is -0.473. The van der Waals surface area contributed by atoms with Crippen LogP contribution in [0.3, 0.4) is 0 Å². The average molecular weight is 276 g/mol. The Labute approximate surface area is 118 Å². The molecule has 2 bridgehead atoms. The van der Waals surface area contributed by atoms with E-state index in [1.165, 1.54) is 25.5 Å². The number of piperidine rings is 2. The van der Waals surface area contributed by atoms with Gasteiger partial charge in [-0.15, -0.1) is 0 Å². The van der Waals surface area contributed by atoms with E-state index in [1.54, 1.807) is 6.20 Å². The highest BCUT2D eigenvalue weighted by atomic mass is 16.4. The van der Waals surface area contributed by atoms with Crippen molar-refractivity contribution in [1.82, 2.24) is 14.9 Å². The van der Waals surface area contributed by atoms with Crippen molar-refractivity contribution in [2.45, 2.75) is 50.2 Å². The summed E-state index contributed by atoms with van der Waals surface area (Å²) in [5.41, 5.74) is -0.0110. The predicted octanol–water partition coefficient (Wildman–Crippen LogP) is 1.60. The molecule has 6 nitrogen and oxygen atoms in total. The summed E-state index contributed by atoms with van der Waals surface area (Å²) in [5, 5.41) is 12.3. The summed E-state index contributed by atoms with van der Waals surface area (Å²) in [6, 6.07) is 1.63. The van der Waals surface area contributed by atoms with Crippen LogP contribution in [0.25, 0.3) is 0 Å². The fraction of sp³-hybridized carbons (Fsp3) is 0.643. The molecule has 0 aliphatic carbocycles. The van der Waals surface area contributed by atoms with E-state index in [0.29, 0.717) is 23.9 Å². The number of carboxylic acid groups (broad SMARTS) is 1. The van der Waals surface area contributed by atoms with Gasteiger partial charge in [-0.05, 0) is 32.7 Å². The summed E-state index contributed by atoms with van der Waals surface area (Å²) < 4.78 is 0. The van der Waals surface area contributed by atoms with Crippen LogP contribution in [-0.4, -0.2) is 51.1 Å². The first-order valence-electron chi connectivity index (χ1n) is 7.17. The topological polar surface area (TPSA) is 78.4 Å². The van der Waals surface area contributed by atoms with Crippen molar-refractivity contribution < 1.29 is 9.90 Å². The van der Waals surface area contributed by atoms with Gasteiger partial charge in [0.25, 0.3) is 0 Å². The number of carboxylic acids is 1. The van der Waals surface area contributed by atoms with Gasteiger partial charge in [0.1, 0.15) is 5.82 Å². The number of hydrogen-bond donors (Lipinski definition) is 2. The van der Waals surface area contributed by atoms with Crippen LogP contribution in [0, 0.1) is 0 Å². The van der Waals surface area contributed by atoms with E-state index in [-0.39, 0.29) is 5.69 Å². The first kappa shape index (κ1) is 13.3. The quantitative estimate of drug-likeness (QED) is 0.873. The molecule has 0 radical (unpaired) electrons. The minimum absolute atomic E-state index is 0.0110. The van der Waals surface area contributed by atoms with Gasteiger partial charge in [-0.1, -0.05) is 6.42 Å². The number of fused-ring (bicyclic) bond motifs is 2. The molecule has 6 heteroatoms. The molecule has 2 fully saturated rings. The van der Waals surface area contributed by atoms with Gasteiger partial charge in [0.15, 0.2) is 5.69 Å². The first-order valence-corrected chi connectivity index (χ1v) is 7.17. The van der Waals surface area contributed by atoms with E-state index in [9.17, 15) is 4.79 Å². The van der Waals surface area contributed by atoms with Crippen LogP contribution in [-0.2, 0) is 0 Å². The molecule has 0 spiro atoms. The molecular formula is C14H20N4O2. The first-order chi connectivity index (χ1) is 9.63. The second-order valence-electron chi connectivity index (χ2n) is 5.81. The van der Waals surface area contributed by atoms with Crippen LogP contribution in [0.1, 0.15) is 42.6 Å². The molecule has 108 valence electrons. The van der Waals surface area contributed by atoms with Gasteiger partial charge in [0.05, 0.1) is 12.4 Å².